The Hall–Kier alpha value is -2.19. The van der Waals surface area contributed by atoms with E-state index in [-0.39, 0.29) is 5.69 Å². The van der Waals surface area contributed by atoms with E-state index in [0.29, 0.717) is 31.1 Å². The van der Waals surface area contributed by atoms with Crippen molar-refractivity contribution < 1.29 is 4.74 Å². The maximum Gasteiger partial charge on any atom is 0.326 e. The van der Waals surface area contributed by atoms with Crippen LogP contribution in [-0.4, -0.2) is 32.7 Å². The van der Waals surface area contributed by atoms with Gasteiger partial charge in [0.1, 0.15) is 11.3 Å². The number of unbranched alkanes of at least 4 members (excludes halogenated alkanes) is 2. The maximum absolute atomic E-state index is 12.3. The first kappa shape index (κ1) is 19.6. The zero-order valence-electron chi connectivity index (χ0n) is 15.7. The largest absolute Gasteiger partial charge is 0.382 e. The van der Waals surface area contributed by atoms with Crippen LogP contribution >= 0.6 is 11.3 Å². The molecule has 0 saturated carbocycles. The monoisotopic (exact) mass is 389 g/mol. The van der Waals surface area contributed by atoms with E-state index in [9.17, 15) is 4.79 Å². The first-order valence-electron chi connectivity index (χ1n) is 9.53. The van der Waals surface area contributed by atoms with E-state index in [1.165, 1.54) is 0 Å². The van der Waals surface area contributed by atoms with Gasteiger partial charge in [0.2, 0.25) is 0 Å². The van der Waals surface area contributed by atoms with E-state index >= 15 is 0 Å². The predicted molar refractivity (Wildman–Crippen MR) is 109 cm³/mol. The molecule has 0 spiro atoms. The molecule has 0 atom stereocenters. The number of anilines is 1. The highest BCUT2D eigenvalue weighted by Gasteiger charge is 2.12. The molecule has 3 N–H and O–H groups in total. The smallest absolute Gasteiger partial charge is 0.326 e. The number of nitrogens with zero attached hydrogens (tertiary/aromatic N) is 3. The Morgan fingerprint density at radius 2 is 2.15 bits per heavy atom. The number of ether oxygens (including phenoxy) is 1. The minimum absolute atomic E-state index is 0.171. The number of hydrogen-bond donors (Lipinski definition) is 2. The van der Waals surface area contributed by atoms with Gasteiger partial charge in [0.25, 0.3) is 0 Å². The zero-order valence-corrected chi connectivity index (χ0v) is 16.6. The van der Waals surface area contributed by atoms with Gasteiger partial charge in [-0.3, -0.25) is 4.57 Å². The molecule has 0 aliphatic carbocycles. The maximum atomic E-state index is 12.3. The van der Waals surface area contributed by atoms with Crippen molar-refractivity contribution in [2.24, 2.45) is 0 Å². The minimum Gasteiger partial charge on any atom is -0.382 e. The normalized spacial score (nSPS) is 11.4. The van der Waals surface area contributed by atoms with Crippen LogP contribution in [0.1, 0.15) is 43.3 Å². The lowest BCUT2D eigenvalue weighted by Crippen LogP contribution is -2.19. The van der Waals surface area contributed by atoms with Crippen LogP contribution in [0.3, 0.4) is 0 Å². The lowest BCUT2D eigenvalue weighted by molar-refractivity contribution is 0.124. The van der Waals surface area contributed by atoms with Gasteiger partial charge < -0.3 is 15.5 Å². The van der Waals surface area contributed by atoms with Crippen LogP contribution in [0.15, 0.2) is 22.4 Å². The van der Waals surface area contributed by atoms with Gasteiger partial charge in [0, 0.05) is 30.3 Å². The van der Waals surface area contributed by atoms with Crippen molar-refractivity contribution in [3.8, 4) is 0 Å². The predicted octanol–water partition coefficient (Wildman–Crippen LogP) is 3.15. The third-order valence-corrected chi connectivity index (χ3v) is 5.35. The highest BCUT2D eigenvalue weighted by Crippen LogP contribution is 2.18. The lowest BCUT2D eigenvalue weighted by atomic mass is 10.1. The third-order valence-electron chi connectivity index (χ3n) is 4.51. The van der Waals surface area contributed by atoms with Crippen molar-refractivity contribution in [1.82, 2.24) is 19.5 Å². The van der Waals surface area contributed by atoms with E-state index in [4.69, 9.17) is 10.5 Å². The van der Waals surface area contributed by atoms with Gasteiger partial charge in [0.05, 0.1) is 23.7 Å². The summed E-state index contributed by atoms with van der Waals surface area (Å²) < 4.78 is 7.40. The summed E-state index contributed by atoms with van der Waals surface area (Å²) in [6.45, 7) is 3.81. The molecule has 0 fully saturated rings. The lowest BCUT2D eigenvalue weighted by Gasteiger charge is -2.07. The van der Waals surface area contributed by atoms with Gasteiger partial charge >= 0.3 is 5.69 Å². The number of nitrogens with one attached hydrogen (secondary N) is 1. The summed E-state index contributed by atoms with van der Waals surface area (Å²) in [5.74, 6) is 0.388. The van der Waals surface area contributed by atoms with Crippen molar-refractivity contribution in [1.29, 1.82) is 0 Å². The van der Waals surface area contributed by atoms with E-state index < -0.39 is 0 Å². The zero-order chi connectivity index (χ0) is 19.1. The third kappa shape index (κ3) is 5.17. The summed E-state index contributed by atoms with van der Waals surface area (Å²) in [6.07, 6.45) is 7.94. The molecule has 3 heterocycles. The second kappa shape index (κ2) is 9.66. The average molecular weight is 390 g/mol. The number of H-pyrrole nitrogens is 1. The second-order valence-electron chi connectivity index (χ2n) is 6.57. The molecule has 7 nitrogen and oxygen atoms in total. The summed E-state index contributed by atoms with van der Waals surface area (Å²) in [5.41, 5.74) is 8.24. The molecule has 3 aromatic rings. The number of aryl methyl sites for hydroxylation is 2. The number of nitrogens with two attached hydrogens (primary N) is 1. The Kier molecular flexibility index (Phi) is 7.00. The van der Waals surface area contributed by atoms with Crippen molar-refractivity contribution in [2.45, 2.75) is 52.0 Å². The molecule has 0 aromatic carbocycles. The molecule has 0 bridgehead atoms. The fourth-order valence-electron chi connectivity index (χ4n) is 3.09. The van der Waals surface area contributed by atoms with Gasteiger partial charge in [-0.2, -0.15) is 0 Å². The van der Waals surface area contributed by atoms with Crippen molar-refractivity contribution >= 4 is 28.2 Å². The molecule has 27 heavy (non-hydrogen) atoms. The Morgan fingerprint density at radius 1 is 1.26 bits per heavy atom. The molecular formula is C19H27N5O2S. The van der Waals surface area contributed by atoms with Crippen LogP contribution in [0, 0.1) is 0 Å². The molecule has 0 aliphatic heterocycles. The Balaban J connectivity index is 1.57. The number of nitrogen functional groups attached to an aromatic ring is 1. The molecule has 3 aromatic heterocycles. The summed E-state index contributed by atoms with van der Waals surface area (Å²) in [7, 11) is 0. The summed E-state index contributed by atoms with van der Waals surface area (Å²) in [6, 6.07) is 1.97. The van der Waals surface area contributed by atoms with Crippen LogP contribution in [0.25, 0.3) is 11.0 Å². The van der Waals surface area contributed by atoms with E-state index in [1.807, 2.05) is 17.6 Å². The first-order valence-corrected chi connectivity index (χ1v) is 10.4. The number of fused-ring (bicyclic) bond motifs is 1. The molecule has 0 aliphatic rings. The van der Waals surface area contributed by atoms with Crippen molar-refractivity contribution in [3.05, 3.63) is 38.8 Å². The van der Waals surface area contributed by atoms with Crippen LogP contribution in [0.2, 0.25) is 0 Å². The quantitative estimate of drug-likeness (QED) is 0.491. The summed E-state index contributed by atoms with van der Waals surface area (Å²) in [4.78, 5) is 23.8. The van der Waals surface area contributed by atoms with Crippen LogP contribution in [0.5, 0.6) is 0 Å². The second-order valence-corrected chi connectivity index (χ2v) is 7.55. The van der Waals surface area contributed by atoms with Crippen molar-refractivity contribution in [3.63, 3.8) is 0 Å². The Morgan fingerprint density at radius 3 is 2.93 bits per heavy atom. The highest BCUT2D eigenvalue weighted by molar-refractivity contribution is 7.09. The topological polar surface area (TPSA) is 98.8 Å². The number of rotatable bonds is 11. The molecule has 0 unspecified atom stereocenters. The number of pyridine rings is 1. The van der Waals surface area contributed by atoms with E-state index in [2.05, 4.69) is 21.9 Å². The molecule has 0 saturated heterocycles. The number of imidazole rings is 1. The Bertz CT molecular complexity index is 901. The van der Waals surface area contributed by atoms with E-state index in [1.54, 1.807) is 15.9 Å². The van der Waals surface area contributed by atoms with Gasteiger partial charge in [-0.05, 0) is 25.3 Å². The number of hydrogen-bond acceptors (Lipinski definition) is 6. The number of aromatic amines is 1. The fraction of sp³-hybridized carbons (Fsp3) is 0.526. The minimum atomic E-state index is -0.171. The van der Waals surface area contributed by atoms with Crippen LogP contribution in [0.4, 0.5) is 5.82 Å². The fourth-order valence-corrected chi connectivity index (χ4v) is 3.76. The summed E-state index contributed by atoms with van der Waals surface area (Å²) in [5, 5.41) is 3.11. The Labute approximate surface area is 162 Å². The van der Waals surface area contributed by atoms with Crippen LogP contribution < -0.4 is 11.4 Å². The molecule has 0 radical (unpaired) electrons. The summed E-state index contributed by atoms with van der Waals surface area (Å²) >= 11 is 1.66. The average Bonchev–Trinajstić information content (AvgIpc) is 3.27. The molecule has 146 valence electrons. The van der Waals surface area contributed by atoms with E-state index in [0.717, 1.165) is 54.7 Å². The first-order chi connectivity index (χ1) is 13.2. The molecule has 0 amide bonds. The van der Waals surface area contributed by atoms with Gasteiger partial charge in [-0.25, -0.2) is 14.8 Å². The molecule has 3 rings (SSSR count). The van der Waals surface area contributed by atoms with Crippen LogP contribution in [-0.2, 0) is 24.1 Å². The van der Waals surface area contributed by atoms with Gasteiger partial charge in [-0.15, -0.1) is 11.3 Å². The van der Waals surface area contributed by atoms with Crippen molar-refractivity contribution in [2.75, 3.05) is 18.9 Å². The standard InChI is InChI=1S/C19H27N5O2S/c1-2-3-4-6-14-13-15-17(18(20)22-14)23-19(25)24(15)9-11-26-10-5-7-16-21-8-12-27-16/h8,12-13H,2-7,9-11H2,1H3,(H2,20,22)(H,23,25). The SMILES string of the molecule is CCCCCc1cc2c([nH]c(=O)n2CCOCCCc2nccs2)c(N)n1. The molecule has 8 heteroatoms. The van der Waals surface area contributed by atoms with Gasteiger partial charge in [-0.1, -0.05) is 19.8 Å². The number of aromatic nitrogens is 4. The number of thiazole rings is 1. The van der Waals surface area contributed by atoms with Gasteiger partial charge in [0.15, 0.2) is 0 Å². The molecular weight excluding hydrogens is 362 g/mol. The highest BCUT2D eigenvalue weighted by atomic mass is 32.1.